The molecule has 0 aliphatic heterocycles. The lowest BCUT2D eigenvalue weighted by Crippen LogP contribution is -2.25. The fourth-order valence-corrected chi connectivity index (χ4v) is 3.13. The first-order valence-corrected chi connectivity index (χ1v) is 8.88. The molecule has 0 radical (unpaired) electrons. The summed E-state index contributed by atoms with van der Waals surface area (Å²) in [4.78, 5) is 24.5. The van der Waals surface area contributed by atoms with Crippen LogP contribution in [0.2, 0.25) is 5.02 Å². The quantitative estimate of drug-likeness (QED) is 0.689. The Morgan fingerprint density at radius 2 is 2.08 bits per heavy atom. The Bertz CT molecular complexity index is 832. The number of carbonyl (C=O) groups is 1. The molecule has 25 heavy (non-hydrogen) atoms. The molecule has 5 nitrogen and oxygen atoms in total. The van der Waals surface area contributed by atoms with Crippen molar-refractivity contribution in [1.29, 1.82) is 0 Å². The first kappa shape index (κ1) is 19.8. The molecule has 1 heterocycles. The lowest BCUT2D eigenvalue weighted by atomic mass is 10.0. The third-order valence-electron chi connectivity index (χ3n) is 3.70. The Morgan fingerprint density at radius 1 is 1.36 bits per heavy atom. The fourth-order valence-electron chi connectivity index (χ4n) is 2.39. The van der Waals surface area contributed by atoms with E-state index < -0.39 is 6.10 Å². The van der Waals surface area contributed by atoms with Crippen molar-refractivity contribution in [2.24, 2.45) is 7.05 Å². The van der Waals surface area contributed by atoms with E-state index in [0.29, 0.717) is 22.7 Å². The van der Waals surface area contributed by atoms with Crippen LogP contribution in [0, 0.1) is 0 Å². The lowest BCUT2D eigenvalue weighted by molar-refractivity contribution is 0.0424. The number of ether oxygens (including phenoxy) is 1. The number of benzene rings is 1. The number of rotatable bonds is 7. The second-order valence-corrected chi connectivity index (χ2v) is 7.11. The molecule has 2 rings (SSSR count). The molecule has 1 aromatic carbocycles. The van der Waals surface area contributed by atoms with Crippen molar-refractivity contribution >= 4 is 33.3 Å². The molecule has 1 atom stereocenters. The molecular weight excluding hydrogens is 410 g/mol. The number of hydrogen-bond acceptors (Lipinski definition) is 4. The average molecular weight is 429 g/mol. The summed E-state index contributed by atoms with van der Waals surface area (Å²) in [5.41, 5.74) is 1.59. The molecule has 0 aliphatic rings. The Labute approximate surface area is 159 Å². The van der Waals surface area contributed by atoms with Gasteiger partial charge < -0.3 is 14.4 Å². The Morgan fingerprint density at radius 3 is 2.72 bits per heavy atom. The predicted molar refractivity (Wildman–Crippen MR) is 100 cm³/mol. The molecule has 7 heteroatoms. The molecule has 0 bridgehead atoms. The molecule has 0 spiro atoms. The maximum absolute atomic E-state index is 12.5. The molecule has 0 saturated heterocycles. The van der Waals surface area contributed by atoms with E-state index in [-0.39, 0.29) is 24.6 Å². The molecule has 2 aromatic rings. The molecule has 0 aliphatic carbocycles. The minimum absolute atomic E-state index is 0.0748. The summed E-state index contributed by atoms with van der Waals surface area (Å²) in [5, 5.41) is 9.77. The van der Waals surface area contributed by atoms with Crippen LogP contribution in [0.1, 0.15) is 28.5 Å². The zero-order chi connectivity index (χ0) is 18.6. The van der Waals surface area contributed by atoms with Gasteiger partial charge >= 0.3 is 0 Å². The number of carbonyl (C=O) groups excluding carboxylic acids is 1. The van der Waals surface area contributed by atoms with Crippen LogP contribution in [0.3, 0.4) is 0 Å². The second kappa shape index (κ2) is 8.76. The number of nitrogens with zero attached hydrogens (tertiary/aromatic N) is 1. The first-order valence-electron chi connectivity index (χ1n) is 7.71. The SMILES string of the molecule is C[C@H](O)COCC(=O)c1ccc(=O)n(C)c1Cc1ccc(Br)cc1Cl. The van der Waals surface area contributed by atoms with E-state index in [1.165, 1.54) is 16.7 Å². The van der Waals surface area contributed by atoms with Crippen LogP contribution >= 0.6 is 27.5 Å². The summed E-state index contributed by atoms with van der Waals surface area (Å²) in [6.45, 7) is 1.49. The normalized spacial score (nSPS) is 12.2. The van der Waals surface area contributed by atoms with Crippen molar-refractivity contribution in [3.8, 4) is 0 Å². The van der Waals surface area contributed by atoms with Crippen LogP contribution in [0.15, 0.2) is 39.6 Å². The second-order valence-electron chi connectivity index (χ2n) is 5.79. The topological polar surface area (TPSA) is 68.5 Å². The summed E-state index contributed by atoms with van der Waals surface area (Å²) < 4.78 is 7.50. The van der Waals surface area contributed by atoms with Crippen LogP contribution in [0.4, 0.5) is 0 Å². The summed E-state index contributed by atoms with van der Waals surface area (Å²) in [5.74, 6) is -0.250. The van der Waals surface area contributed by atoms with E-state index in [0.717, 1.165) is 10.0 Å². The van der Waals surface area contributed by atoms with Gasteiger partial charge in [-0.3, -0.25) is 9.59 Å². The van der Waals surface area contributed by atoms with Gasteiger partial charge in [0.1, 0.15) is 6.61 Å². The Balaban J connectivity index is 2.34. The number of hydrogen-bond donors (Lipinski definition) is 1. The Hall–Kier alpha value is -1.47. The number of halogens is 2. The van der Waals surface area contributed by atoms with Crippen molar-refractivity contribution in [2.45, 2.75) is 19.4 Å². The van der Waals surface area contributed by atoms with Crippen LogP contribution in [0.5, 0.6) is 0 Å². The van der Waals surface area contributed by atoms with Crippen molar-refractivity contribution in [3.05, 3.63) is 67.0 Å². The highest BCUT2D eigenvalue weighted by Crippen LogP contribution is 2.24. The third-order valence-corrected chi connectivity index (χ3v) is 4.55. The molecule has 0 saturated carbocycles. The van der Waals surface area contributed by atoms with Gasteiger partial charge in [-0.25, -0.2) is 0 Å². The predicted octanol–water partition coefficient (Wildman–Crippen LogP) is 2.97. The van der Waals surface area contributed by atoms with Gasteiger partial charge in [-0.1, -0.05) is 33.6 Å². The number of aliphatic hydroxyl groups is 1. The molecule has 1 aromatic heterocycles. The van der Waals surface area contributed by atoms with Crippen LogP contribution < -0.4 is 5.56 Å². The van der Waals surface area contributed by atoms with E-state index in [1.54, 1.807) is 20.0 Å². The molecule has 0 amide bonds. The third kappa shape index (κ3) is 5.25. The van der Waals surface area contributed by atoms with Crippen molar-refractivity contribution in [2.75, 3.05) is 13.2 Å². The van der Waals surface area contributed by atoms with E-state index in [2.05, 4.69) is 15.9 Å². The summed E-state index contributed by atoms with van der Waals surface area (Å²) in [6, 6.07) is 8.34. The first-order chi connectivity index (χ1) is 11.8. The zero-order valence-corrected chi connectivity index (χ0v) is 16.3. The van der Waals surface area contributed by atoms with Gasteiger partial charge in [0.15, 0.2) is 5.78 Å². The standard InChI is InChI=1S/C18H19BrClNO4/c1-11(22)9-25-10-17(23)14-5-6-18(24)21(2)16(14)7-12-3-4-13(19)8-15(12)20/h3-6,8,11,22H,7,9-10H2,1-2H3/t11-/m0/s1. The minimum Gasteiger partial charge on any atom is -0.391 e. The van der Waals surface area contributed by atoms with Gasteiger partial charge in [-0.15, -0.1) is 0 Å². The van der Waals surface area contributed by atoms with Gasteiger partial charge in [-0.05, 0) is 30.7 Å². The number of aromatic nitrogens is 1. The van der Waals surface area contributed by atoms with Crippen LogP contribution in [-0.2, 0) is 18.2 Å². The van der Waals surface area contributed by atoms with E-state index in [9.17, 15) is 14.7 Å². The highest BCUT2D eigenvalue weighted by molar-refractivity contribution is 9.10. The lowest BCUT2D eigenvalue weighted by Gasteiger charge is -2.15. The van der Waals surface area contributed by atoms with E-state index >= 15 is 0 Å². The molecule has 0 fully saturated rings. The highest BCUT2D eigenvalue weighted by atomic mass is 79.9. The van der Waals surface area contributed by atoms with Crippen molar-refractivity contribution < 1.29 is 14.6 Å². The number of aliphatic hydroxyl groups excluding tert-OH is 1. The molecule has 0 unspecified atom stereocenters. The van der Waals surface area contributed by atoms with Gasteiger partial charge in [0, 0.05) is 40.3 Å². The van der Waals surface area contributed by atoms with E-state index in [1.807, 2.05) is 12.1 Å². The molecule has 1 N–H and O–H groups in total. The van der Waals surface area contributed by atoms with Crippen molar-refractivity contribution in [3.63, 3.8) is 0 Å². The van der Waals surface area contributed by atoms with E-state index in [4.69, 9.17) is 16.3 Å². The molecular formula is C18H19BrClNO4. The van der Waals surface area contributed by atoms with Gasteiger partial charge in [0.25, 0.3) is 5.56 Å². The Kier molecular flexibility index (Phi) is 6.95. The summed E-state index contributed by atoms with van der Waals surface area (Å²) >= 11 is 9.62. The average Bonchev–Trinajstić information content (AvgIpc) is 2.53. The van der Waals surface area contributed by atoms with Crippen molar-refractivity contribution in [1.82, 2.24) is 4.57 Å². The fraction of sp³-hybridized carbons (Fsp3) is 0.333. The number of ketones is 1. The maximum Gasteiger partial charge on any atom is 0.250 e. The molecule has 134 valence electrons. The van der Waals surface area contributed by atoms with Crippen LogP contribution in [0.25, 0.3) is 0 Å². The number of pyridine rings is 1. The summed E-state index contributed by atoms with van der Waals surface area (Å²) in [6.07, 6.45) is -0.301. The smallest absolute Gasteiger partial charge is 0.250 e. The van der Waals surface area contributed by atoms with Crippen LogP contribution in [-0.4, -0.2) is 34.8 Å². The zero-order valence-electron chi connectivity index (χ0n) is 14.0. The monoisotopic (exact) mass is 427 g/mol. The van der Waals surface area contributed by atoms with Gasteiger partial charge in [0.2, 0.25) is 0 Å². The minimum atomic E-state index is -0.644. The summed E-state index contributed by atoms with van der Waals surface area (Å²) in [7, 11) is 1.62. The number of Topliss-reactive ketones (excluding diaryl/α,β-unsaturated/α-hetero) is 1. The maximum atomic E-state index is 12.5. The highest BCUT2D eigenvalue weighted by Gasteiger charge is 2.17. The van der Waals surface area contributed by atoms with Gasteiger partial charge in [0.05, 0.1) is 12.7 Å². The largest absolute Gasteiger partial charge is 0.391 e. The van der Waals surface area contributed by atoms with Gasteiger partial charge in [-0.2, -0.15) is 0 Å².